The van der Waals surface area contributed by atoms with Crippen LogP contribution in [-0.4, -0.2) is 23.8 Å². The second-order valence-corrected chi connectivity index (χ2v) is 9.42. The number of allylic oxidation sites excluding steroid dienone is 1. The Morgan fingerprint density at radius 3 is 2.76 bits per heavy atom. The molecule has 0 spiro atoms. The van der Waals surface area contributed by atoms with Gasteiger partial charge in [-0.1, -0.05) is 54.1 Å². The molecule has 1 aromatic heterocycles. The number of carbonyl (C=O) groups is 1. The van der Waals surface area contributed by atoms with Crippen molar-refractivity contribution in [2.45, 2.75) is 25.8 Å². The number of rotatable bonds is 5. The van der Waals surface area contributed by atoms with Gasteiger partial charge in [0, 0.05) is 11.9 Å². The smallest absolute Gasteiger partial charge is 0.235 e. The number of nitrogens with zero attached hydrogens (tertiary/aromatic N) is 3. The van der Waals surface area contributed by atoms with Crippen molar-refractivity contribution in [1.29, 1.82) is 5.26 Å². The quantitative estimate of drug-likeness (QED) is 0.567. The van der Waals surface area contributed by atoms with Crippen LogP contribution in [0.15, 0.2) is 71.0 Å². The Morgan fingerprint density at radius 1 is 1.21 bits per heavy atom. The maximum atomic E-state index is 13.3. The Balaban J connectivity index is 1.68. The van der Waals surface area contributed by atoms with E-state index in [1.54, 1.807) is 24.5 Å². The van der Waals surface area contributed by atoms with E-state index < -0.39 is 5.54 Å². The van der Waals surface area contributed by atoms with Gasteiger partial charge in [0.05, 0.1) is 17.6 Å². The number of benzene rings is 2. The van der Waals surface area contributed by atoms with Crippen molar-refractivity contribution in [2.75, 3.05) is 7.05 Å². The van der Waals surface area contributed by atoms with Crippen molar-refractivity contribution in [3.05, 3.63) is 87.6 Å². The van der Waals surface area contributed by atoms with E-state index in [1.807, 2.05) is 42.6 Å². The zero-order valence-corrected chi connectivity index (χ0v) is 19.8. The Morgan fingerprint density at radius 2 is 2.00 bits per heavy atom. The first-order valence-electron chi connectivity index (χ1n) is 10.8. The van der Waals surface area contributed by atoms with Crippen LogP contribution in [0.4, 0.5) is 0 Å². The highest BCUT2D eigenvalue weighted by molar-refractivity contribution is 7.10. The molecule has 2 aromatic carbocycles. The number of aryl methyl sites for hydroxylation is 1. The minimum atomic E-state index is -0.777. The van der Waals surface area contributed by atoms with Gasteiger partial charge in [0.2, 0.25) is 5.91 Å². The lowest BCUT2D eigenvalue weighted by Gasteiger charge is -2.39. The summed E-state index contributed by atoms with van der Waals surface area (Å²) < 4.78 is 0. The molecule has 166 valence electrons. The van der Waals surface area contributed by atoms with Gasteiger partial charge in [-0.15, -0.1) is 11.3 Å². The van der Waals surface area contributed by atoms with E-state index in [1.165, 1.54) is 10.5 Å². The summed E-state index contributed by atoms with van der Waals surface area (Å²) in [6, 6.07) is 20.0. The van der Waals surface area contributed by atoms with Gasteiger partial charge < -0.3 is 5.73 Å². The lowest BCUT2D eigenvalue weighted by molar-refractivity contribution is -0.133. The Labute approximate surface area is 198 Å². The van der Waals surface area contributed by atoms with Crippen LogP contribution in [-0.2, 0) is 10.3 Å². The average Bonchev–Trinajstić information content (AvgIpc) is 3.31. The number of hydrogen-bond acceptors (Lipinski definition) is 5. The van der Waals surface area contributed by atoms with E-state index in [4.69, 9.17) is 10.7 Å². The van der Waals surface area contributed by atoms with Crippen LogP contribution in [0.5, 0.6) is 0 Å². The Kier molecular flexibility index (Phi) is 6.17. The van der Waals surface area contributed by atoms with Gasteiger partial charge in [-0.25, -0.2) is 4.99 Å². The fraction of sp³-hybridized carbons (Fsp3) is 0.222. The van der Waals surface area contributed by atoms with Gasteiger partial charge in [0.1, 0.15) is 5.54 Å². The molecule has 2 unspecified atom stereocenters. The highest BCUT2D eigenvalue weighted by atomic mass is 32.1. The summed E-state index contributed by atoms with van der Waals surface area (Å²) in [7, 11) is 1.67. The second-order valence-electron chi connectivity index (χ2n) is 8.51. The summed E-state index contributed by atoms with van der Waals surface area (Å²) in [5.74, 6) is -0.198. The molecule has 6 heteroatoms. The molecule has 5 nitrogen and oxygen atoms in total. The summed E-state index contributed by atoms with van der Waals surface area (Å²) in [6.45, 7) is 4.05. The SMILES string of the molecule is Cc1cccc(C=CCC2C(=O)N(C)C(N)=NC2(C)c2cc(-c3cccc(C#N)c3)cs2)c1. The topological polar surface area (TPSA) is 82.5 Å². The number of thiophene rings is 1. The largest absolute Gasteiger partial charge is 0.369 e. The maximum Gasteiger partial charge on any atom is 0.235 e. The first kappa shape index (κ1) is 22.5. The molecule has 0 aliphatic carbocycles. The number of carbonyl (C=O) groups excluding carboxylic acids is 1. The van der Waals surface area contributed by atoms with Crippen LogP contribution in [0.3, 0.4) is 0 Å². The molecule has 1 amide bonds. The van der Waals surface area contributed by atoms with Gasteiger partial charge in [0.15, 0.2) is 5.96 Å². The predicted molar refractivity (Wildman–Crippen MR) is 135 cm³/mol. The molecule has 0 fully saturated rings. The molecule has 33 heavy (non-hydrogen) atoms. The summed E-state index contributed by atoms with van der Waals surface area (Å²) in [6.07, 6.45) is 4.64. The molecule has 3 aromatic rings. The molecular weight excluding hydrogens is 428 g/mol. The molecule has 1 aliphatic rings. The van der Waals surface area contributed by atoms with Gasteiger partial charge in [-0.3, -0.25) is 9.69 Å². The molecule has 2 heterocycles. The van der Waals surface area contributed by atoms with Crippen molar-refractivity contribution in [3.63, 3.8) is 0 Å². The molecule has 1 aliphatic heterocycles. The van der Waals surface area contributed by atoms with E-state index in [0.717, 1.165) is 21.6 Å². The van der Waals surface area contributed by atoms with E-state index in [9.17, 15) is 10.1 Å². The molecule has 2 atom stereocenters. The van der Waals surface area contributed by atoms with Gasteiger partial charge in [0.25, 0.3) is 0 Å². The highest BCUT2D eigenvalue weighted by Crippen LogP contribution is 2.44. The van der Waals surface area contributed by atoms with Crippen molar-refractivity contribution < 1.29 is 4.79 Å². The van der Waals surface area contributed by atoms with Crippen LogP contribution in [0.2, 0.25) is 0 Å². The van der Waals surface area contributed by atoms with Crippen LogP contribution in [0.25, 0.3) is 17.2 Å². The second kappa shape index (κ2) is 9.05. The maximum absolute atomic E-state index is 13.3. The van der Waals surface area contributed by atoms with Gasteiger partial charge >= 0.3 is 0 Å². The molecule has 0 saturated carbocycles. The lowest BCUT2D eigenvalue weighted by Crippen LogP contribution is -2.53. The number of nitrogens with two attached hydrogens (primary N) is 1. The summed E-state index contributed by atoms with van der Waals surface area (Å²) >= 11 is 1.56. The molecule has 0 bridgehead atoms. The molecule has 0 saturated heterocycles. The van der Waals surface area contributed by atoms with Gasteiger partial charge in [-0.05, 0) is 60.5 Å². The van der Waals surface area contributed by atoms with Crippen LogP contribution in [0.1, 0.15) is 34.9 Å². The standard InChI is InChI=1S/C27H26N4OS/c1-18-7-4-8-19(13-18)9-6-12-23-25(32)31(3)26(29)30-27(23,2)24-15-22(17-33-24)21-11-5-10-20(14-21)16-28/h4-11,13-15,17,23H,12H2,1-3H3,(H2,29,30). The number of nitriles is 1. The van der Waals surface area contributed by atoms with Crippen LogP contribution >= 0.6 is 11.3 Å². The first-order valence-corrected chi connectivity index (χ1v) is 11.7. The molecule has 2 N–H and O–H groups in total. The number of hydrogen-bond donors (Lipinski definition) is 1. The lowest BCUT2D eigenvalue weighted by atomic mass is 9.79. The van der Waals surface area contributed by atoms with E-state index in [2.05, 4.69) is 43.3 Å². The zero-order chi connectivity index (χ0) is 23.6. The van der Waals surface area contributed by atoms with Gasteiger partial charge in [-0.2, -0.15) is 5.26 Å². The molecular formula is C27H26N4OS. The minimum Gasteiger partial charge on any atom is -0.369 e. The first-order chi connectivity index (χ1) is 15.8. The van der Waals surface area contributed by atoms with Crippen molar-refractivity contribution in [2.24, 2.45) is 16.6 Å². The fourth-order valence-corrected chi connectivity index (χ4v) is 5.25. The van der Waals surface area contributed by atoms with Crippen molar-refractivity contribution >= 4 is 29.3 Å². The summed E-state index contributed by atoms with van der Waals surface area (Å²) in [4.78, 5) is 20.5. The fourth-order valence-electron chi connectivity index (χ4n) is 4.17. The third-order valence-electron chi connectivity index (χ3n) is 6.15. The highest BCUT2D eigenvalue weighted by Gasteiger charge is 2.46. The third-order valence-corrected chi connectivity index (χ3v) is 7.30. The number of amides is 1. The average molecular weight is 455 g/mol. The third kappa shape index (κ3) is 4.46. The zero-order valence-electron chi connectivity index (χ0n) is 18.9. The normalized spacial score (nSPS) is 20.7. The van der Waals surface area contributed by atoms with Crippen molar-refractivity contribution in [1.82, 2.24) is 4.90 Å². The van der Waals surface area contributed by atoms with E-state index >= 15 is 0 Å². The van der Waals surface area contributed by atoms with Crippen LogP contribution < -0.4 is 5.73 Å². The Hall–Kier alpha value is -3.69. The molecule has 0 radical (unpaired) electrons. The monoisotopic (exact) mass is 454 g/mol. The number of aliphatic imine (C=N–C) groups is 1. The molecule has 4 rings (SSSR count). The summed E-state index contributed by atoms with van der Waals surface area (Å²) in [5, 5.41) is 11.3. The predicted octanol–water partition coefficient (Wildman–Crippen LogP) is 5.32. The van der Waals surface area contributed by atoms with E-state index in [-0.39, 0.29) is 17.8 Å². The van der Waals surface area contributed by atoms with Crippen LogP contribution in [0, 0.1) is 24.2 Å². The number of guanidine groups is 1. The van der Waals surface area contributed by atoms with E-state index in [0.29, 0.717) is 12.0 Å². The summed E-state index contributed by atoms with van der Waals surface area (Å²) in [5.41, 5.74) is 10.2. The Bertz CT molecular complexity index is 1300. The minimum absolute atomic E-state index is 0.0414. The van der Waals surface area contributed by atoms with Crippen molar-refractivity contribution in [3.8, 4) is 17.2 Å².